The first-order chi connectivity index (χ1) is 19.6. The summed E-state index contributed by atoms with van der Waals surface area (Å²) in [6, 6.07) is 24.7. The Hall–Kier alpha value is -5.44. The third kappa shape index (κ3) is 7.15. The average molecular weight is 551 g/mol. The Morgan fingerprint density at radius 3 is 2.07 bits per heavy atom. The first-order valence-corrected chi connectivity index (χ1v) is 12.9. The highest BCUT2D eigenvalue weighted by atomic mass is 16.5. The van der Waals surface area contributed by atoms with Gasteiger partial charge in [-0.25, -0.2) is 4.79 Å². The van der Waals surface area contributed by atoms with Crippen LogP contribution < -0.4 is 21.1 Å². The number of amides is 2. The summed E-state index contributed by atoms with van der Waals surface area (Å²) in [6.07, 6.45) is 0. The van der Waals surface area contributed by atoms with Crippen molar-refractivity contribution in [2.45, 2.75) is 13.8 Å². The molecule has 6 N–H and O–H groups in total. The highest BCUT2D eigenvalue weighted by molar-refractivity contribution is 6.11. The fourth-order valence-electron chi connectivity index (χ4n) is 4.06. The summed E-state index contributed by atoms with van der Waals surface area (Å²) in [4.78, 5) is 38.5. The SMILES string of the molecule is CC(C)CNC(=O)c1ccc(-c2ccc(Oc3ccccc3)cc2C(=O)Nc2ccc(C(=N)N)cc2)c(C(=O)O)c1. The lowest BCUT2D eigenvalue weighted by atomic mass is 9.93. The molecule has 0 aromatic heterocycles. The molecule has 0 unspecified atom stereocenters. The van der Waals surface area contributed by atoms with Crippen molar-refractivity contribution in [3.8, 4) is 22.6 Å². The van der Waals surface area contributed by atoms with E-state index in [-0.39, 0.29) is 39.9 Å². The molecular formula is C32H30N4O5. The Morgan fingerprint density at radius 2 is 1.44 bits per heavy atom. The van der Waals surface area contributed by atoms with Crippen molar-refractivity contribution in [3.63, 3.8) is 0 Å². The summed E-state index contributed by atoms with van der Waals surface area (Å²) in [6.45, 7) is 4.37. The topological polar surface area (TPSA) is 155 Å². The number of amidine groups is 1. The van der Waals surface area contributed by atoms with Crippen LogP contribution in [0.2, 0.25) is 0 Å². The van der Waals surface area contributed by atoms with Gasteiger partial charge >= 0.3 is 5.97 Å². The number of carboxylic acid groups (broad SMARTS) is 1. The minimum atomic E-state index is -1.24. The maximum Gasteiger partial charge on any atom is 0.336 e. The van der Waals surface area contributed by atoms with Crippen molar-refractivity contribution in [1.82, 2.24) is 5.32 Å². The number of nitrogens with one attached hydrogen (secondary N) is 3. The van der Waals surface area contributed by atoms with Gasteiger partial charge in [-0.15, -0.1) is 0 Å². The molecule has 2 amide bonds. The van der Waals surface area contributed by atoms with Crippen LogP contribution in [0.1, 0.15) is 50.5 Å². The third-order valence-electron chi connectivity index (χ3n) is 6.14. The summed E-state index contributed by atoms with van der Waals surface area (Å²) in [5.41, 5.74) is 7.33. The summed E-state index contributed by atoms with van der Waals surface area (Å²) in [5.74, 6) is -1.07. The van der Waals surface area contributed by atoms with Gasteiger partial charge in [-0.3, -0.25) is 15.0 Å². The second kappa shape index (κ2) is 12.6. The molecule has 0 saturated carbocycles. The van der Waals surface area contributed by atoms with Crippen LogP contribution in [-0.2, 0) is 0 Å². The van der Waals surface area contributed by atoms with Crippen LogP contribution in [0.4, 0.5) is 5.69 Å². The predicted octanol–water partition coefficient (Wildman–Crippen LogP) is 5.77. The molecule has 0 atom stereocenters. The third-order valence-corrected chi connectivity index (χ3v) is 6.14. The van der Waals surface area contributed by atoms with E-state index in [0.717, 1.165) is 0 Å². The van der Waals surface area contributed by atoms with Crippen molar-refractivity contribution < 1.29 is 24.2 Å². The fourth-order valence-corrected chi connectivity index (χ4v) is 4.06. The molecule has 0 radical (unpaired) electrons. The Bertz CT molecular complexity index is 1600. The molecule has 41 heavy (non-hydrogen) atoms. The van der Waals surface area contributed by atoms with E-state index in [1.165, 1.54) is 24.3 Å². The molecule has 0 heterocycles. The quantitative estimate of drug-likeness (QED) is 0.125. The van der Waals surface area contributed by atoms with Crippen LogP contribution >= 0.6 is 0 Å². The van der Waals surface area contributed by atoms with E-state index in [0.29, 0.717) is 34.9 Å². The average Bonchev–Trinajstić information content (AvgIpc) is 2.96. The minimum absolute atomic E-state index is 0.0986. The van der Waals surface area contributed by atoms with E-state index in [2.05, 4.69) is 10.6 Å². The molecule has 0 aliphatic carbocycles. The molecule has 0 saturated heterocycles. The van der Waals surface area contributed by atoms with Crippen molar-refractivity contribution >= 4 is 29.3 Å². The predicted molar refractivity (Wildman–Crippen MR) is 158 cm³/mol. The van der Waals surface area contributed by atoms with Gasteiger partial charge in [-0.05, 0) is 83.8 Å². The molecule has 4 aromatic carbocycles. The lowest BCUT2D eigenvalue weighted by molar-refractivity contribution is 0.0697. The lowest BCUT2D eigenvalue weighted by Crippen LogP contribution is -2.27. The highest BCUT2D eigenvalue weighted by Gasteiger charge is 2.21. The van der Waals surface area contributed by atoms with E-state index < -0.39 is 11.9 Å². The number of carbonyl (C=O) groups is 3. The number of hydrogen-bond acceptors (Lipinski definition) is 5. The molecule has 0 aliphatic heterocycles. The normalized spacial score (nSPS) is 10.6. The van der Waals surface area contributed by atoms with Crippen LogP contribution in [0.25, 0.3) is 11.1 Å². The van der Waals surface area contributed by atoms with E-state index in [9.17, 15) is 19.5 Å². The second-order valence-electron chi connectivity index (χ2n) is 9.74. The van der Waals surface area contributed by atoms with Gasteiger partial charge in [0, 0.05) is 23.4 Å². The second-order valence-corrected chi connectivity index (χ2v) is 9.74. The summed E-state index contributed by atoms with van der Waals surface area (Å²) in [7, 11) is 0. The molecule has 9 heteroatoms. The number of hydrogen-bond donors (Lipinski definition) is 5. The van der Waals surface area contributed by atoms with Gasteiger partial charge in [-0.2, -0.15) is 0 Å². The largest absolute Gasteiger partial charge is 0.478 e. The van der Waals surface area contributed by atoms with Crippen LogP contribution in [-0.4, -0.2) is 35.3 Å². The minimum Gasteiger partial charge on any atom is -0.478 e. The Balaban J connectivity index is 1.76. The monoisotopic (exact) mass is 550 g/mol. The molecule has 0 bridgehead atoms. The molecule has 0 fully saturated rings. The van der Waals surface area contributed by atoms with E-state index in [1.807, 2.05) is 32.0 Å². The van der Waals surface area contributed by atoms with E-state index >= 15 is 0 Å². The van der Waals surface area contributed by atoms with Crippen LogP contribution in [0.15, 0.2) is 91.0 Å². The van der Waals surface area contributed by atoms with Gasteiger partial charge in [0.05, 0.1) is 11.1 Å². The zero-order chi connectivity index (χ0) is 29.5. The molecule has 4 rings (SSSR count). The smallest absolute Gasteiger partial charge is 0.336 e. The Labute approximate surface area is 237 Å². The summed E-state index contributed by atoms with van der Waals surface area (Å²) < 4.78 is 5.94. The van der Waals surface area contributed by atoms with Crippen molar-refractivity contribution in [2.75, 3.05) is 11.9 Å². The lowest BCUT2D eigenvalue weighted by Gasteiger charge is -2.16. The van der Waals surface area contributed by atoms with E-state index in [1.54, 1.807) is 48.5 Å². The van der Waals surface area contributed by atoms with Crippen LogP contribution in [0.3, 0.4) is 0 Å². The number of rotatable bonds is 10. The molecule has 0 spiro atoms. The fraction of sp³-hybridized carbons (Fsp3) is 0.125. The number of ether oxygens (including phenoxy) is 1. The number of anilines is 1. The number of carbonyl (C=O) groups excluding carboxylic acids is 2. The molecular weight excluding hydrogens is 520 g/mol. The standard InChI is InChI=1S/C32H30N4O5/c1-19(2)18-35-30(37)21-10-14-26(28(16-21)32(39)40)25-15-13-24(41-23-6-4-3-5-7-23)17-27(25)31(38)36-22-11-8-20(9-12-22)29(33)34/h3-17,19H,18H2,1-2H3,(H3,33,34)(H,35,37)(H,36,38)(H,39,40). The zero-order valence-corrected chi connectivity index (χ0v) is 22.6. The van der Waals surface area contributed by atoms with Gasteiger partial charge in [0.1, 0.15) is 17.3 Å². The Morgan fingerprint density at radius 1 is 0.805 bits per heavy atom. The maximum absolute atomic E-state index is 13.6. The van der Waals surface area contributed by atoms with E-state index in [4.69, 9.17) is 15.9 Å². The van der Waals surface area contributed by atoms with Crippen LogP contribution in [0, 0.1) is 11.3 Å². The van der Waals surface area contributed by atoms with Gasteiger partial charge in [0.25, 0.3) is 11.8 Å². The maximum atomic E-state index is 13.6. The summed E-state index contributed by atoms with van der Waals surface area (Å²) in [5, 5.41) is 23.2. The molecule has 4 aromatic rings. The number of nitrogen functional groups attached to an aromatic ring is 1. The molecule has 208 valence electrons. The number of carboxylic acids is 1. The zero-order valence-electron chi connectivity index (χ0n) is 22.6. The first kappa shape index (κ1) is 28.6. The molecule has 0 aliphatic rings. The van der Waals surface area contributed by atoms with Crippen LogP contribution in [0.5, 0.6) is 11.5 Å². The number of nitrogens with two attached hydrogens (primary N) is 1. The van der Waals surface area contributed by atoms with Crippen molar-refractivity contribution in [2.24, 2.45) is 11.7 Å². The Kier molecular flexibility index (Phi) is 8.79. The van der Waals surface area contributed by atoms with Gasteiger partial charge in [0.2, 0.25) is 0 Å². The first-order valence-electron chi connectivity index (χ1n) is 12.9. The molecule has 9 nitrogen and oxygen atoms in total. The number of aromatic carboxylic acids is 1. The van der Waals surface area contributed by atoms with Gasteiger partial charge in [0.15, 0.2) is 0 Å². The number of benzene rings is 4. The highest BCUT2D eigenvalue weighted by Crippen LogP contribution is 2.33. The van der Waals surface area contributed by atoms with Gasteiger partial charge in [-0.1, -0.05) is 38.1 Å². The van der Waals surface area contributed by atoms with Crippen molar-refractivity contribution in [3.05, 3.63) is 113 Å². The van der Waals surface area contributed by atoms with Gasteiger partial charge < -0.3 is 26.2 Å². The summed E-state index contributed by atoms with van der Waals surface area (Å²) >= 11 is 0. The van der Waals surface area contributed by atoms with Crippen molar-refractivity contribution in [1.29, 1.82) is 5.41 Å². The number of para-hydroxylation sites is 1.